The molecular weight excluding hydrogens is 402 g/mol. The number of aliphatic hydroxyl groups excluding tert-OH is 1. The molecule has 0 radical (unpaired) electrons. The van der Waals surface area contributed by atoms with Crippen LogP contribution in [0.2, 0.25) is 0 Å². The average Bonchev–Trinajstić information content (AvgIpc) is 3.17. The Morgan fingerprint density at radius 2 is 1.97 bits per heavy atom. The lowest BCUT2D eigenvalue weighted by atomic mass is 9.47. The highest BCUT2D eigenvalue weighted by molar-refractivity contribution is 5.32. The fraction of sp³-hybridized carbons (Fsp3) is 0.710. The Morgan fingerprint density at radius 3 is 2.79 bits per heavy atom. The topological polar surface area (TPSA) is 44.0 Å². The second-order valence-corrected chi connectivity index (χ2v) is 12.6. The first-order chi connectivity index (χ1) is 15.8. The lowest BCUT2D eigenvalue weighted by Gasteiger charge is -2.58. The fourth-order valence-corrected chi connectivity index (χ4v) is 9.24. The van der Waals surface area contributed by atoms with Crippen LogP contribution >= 0.6 is 0 Å². The van der Waals surface area contributed by atoms with Crippen LogP contribution in [0.1, 0.15) is 96.1 Å². The molecule has 33 heavy (non-hydrogen) atoms. The molecule has 1 N–H and O–H groups in total. The van der Waals surface area contributed by atoms with E-state index < -0.39 is 0 Å². The van der Waals surface area contributed by atoms with Gasteiger partial charge in [-0.3, -0.25) is 0 Å². The van der Waals surface area contributed by atoms with E-state index in [9.17, 15) is 5.11 Å². The predicted molar refractivity (Wildman–Crippen MR) is 134 cm³/mol. The first-order valence-corrected chi connectivity index (χ1v) is 13.7. The quantitative estimate of drug-likeness (QED) is 0.478. The number of hydrogen-bond donors (Lipinski definition) is 1. The van der Waals surface area contributed by atoms with Crippen LogP contribution in [0, 0.1) is 51.8 Å². The van der Waals surface area contributed by atoms with Crippen molar-refractivity contribution in [3.05, 3.63) is 47.0 Å². The molecule has 0 bridgehead atoms. The number of aliphatic hydroxyl groups is 1. The van der Waals surface area contributed by atoms with Gasteiger partial charge in [0.05, 0.1) is 17.7 Å². The van der Waals surface area contributed by atoms with Crippen LogP contribution in [-0.4, -0.2) is 11.2 Å². The number of fused-ring (bicyclic) bond motifs is 5. The van der Waals surface area contributed by atoms with Gasteiger partial charge in [0, 0.05) is 0 Å². The summed E-state index contributed by atoms with van der Waals surface area (Å²) in [6.07, 6.45) is 16.1. The molecule has 0 aliphatic heterocycles. The molecule has 5 rings (SSSR count). The van der Waals surface area contributed by atoms with Crippen molar-refractivity contribution < 1.29 is 5.11 Å². The molecule has 0 amide bonds. The van der Waals surface area contributed by atoms with Crippen LogP contribution in [0.3, 0.4) is 0 Å². The van der Waals surface area contributed by atoms with Gasteiger partial charge in [-0.1, -0.05) is 51.0 Å². The molecule has 0 heterocycles. The zero-order valence-electron chi connectivity index (χ0n) is 21.0. The zero-order valence-corrected chi connectivity index (χ0v) is 21.0. The molecule has 3 saturated carbocycles. The van der Waals surface area contributed by atoms with E-state index in [2.05, 4.69) is 45.0 Å². The van der Waals surface area contributed by atoms with Crippen LogP contribution in [0.4, 0.5) is 0 Å². The van der Waals surface area contributed by atoms with E-state index in [1.165, 1.54) is 56.9 Å². The average molecular weight is 446 g/mol. The lowest BCUT2D eigenvalue weighted by Crippen LogP contribution is -2.50. The van der Waals surface area contributed by atoms with Crippen molar-refractivity contribution in [1.29, 1.82) is 5.26 Å². The highest BCUT2D eigenvalue weighted by atomic mass is 16.3. The van der Waals surface area contributed by atoms with Crippen molar-refractivity contribution in [3.8, 4) is 6.07 Å². The maximum absolute atomic E-state index is 10.3. The van der Waals surface area contributed by atoms with E-state index in [0.717, 1.165) is 54.4 Å². The van der Waals surface area contributed by atoms with Crippen LogP contribution in [0.5, 0.6) is 0 Å². The van der Waals surface area contributed by atoms with E-state index in [1.807, 2.05) is 12.1 Å². The van der Waals surface area contributed by atoms with Gasteiger partial charge in [0.25, 0.3) is 0 Å². The predicted octanol–water partition coefficient (Wildman–Crippen LogP) is 7.46. The summed E-state index contributed by atoms with van der Waals surface area (Å²) in [4.78, 5) is 0. The van der Waals surface area contributed by atoms with Gasteiger partial charge in [0.1, 0.15) is 0 Å². The molecule has 1 aromatic carbocycles. The maximum atomic E-state index is 10.3. The summed E-state index contributed by atoms with van der Waals surface area (Å²) in [5.41, 5.74) is 4.55. The first kappa shape index (κ1) is 23.2. The second kappa shape index (κ2) is 8.88. The third-order valence-electron chi connectivity index (χ3n) is 11.0. The minimum atomic E-state index is -0.103. The van der Waals surface area contributed by atoms with Gasteiger partial charge in [-0.05, 0) is 122 Å². The minimum absolute atomic E-state index is 0.103. The van der Waals surface area contributed by atoms with Crippen molar-refractivity contribution >= 4 is 0 Å². The number of rotatable bonds is 5. The molecule has 0 spiro atoms. The third-order valence-corrected chi connectivity index (χ3v) is 11.0. The molecule has 0 saturated heterocycles. The van der Waals surface area contributed by atoms with Crippen LogP contribution in [0.15, 0.2) is 35.9 Å². The number of allylic oxidation sites excluding steroid dienone is 1. The molecule has 4 aliphatic carbocycles. The molecule has 8 atom stereocenters. The van der Waals surface area contributed by atoms with Gasteiger partial charge < -0.3 is 5.11 Å². The highest BCUT2D eigenvalue weighted by Gasteiger charge is 2.59. The largest absolute Gasteiger partial charge is 0.393 e. The van der Waals surface area contributed by atoms with Gasteiger partial charge in [-0.2, -0.15) is 5.26 Å². The summed E-state index contributed by atoms with van der Waals surface area (Å²) in [5.74, 6) is 4.23. The smallest absolute Gasteiger partial charge is 0.0991 e. The van der Waals surface area contributed by atoms with Crippen molar-refractivity contribution in [2.45, 2.75) is 97.5 Å². The SMILES string of the molecule is C[C@H](CCCc1cccc(C#N)c1)C1CCC2C3CC=C4CC(O)CCC4(C)C3CCC21C. The minimum Gasteiger partial charge on any atom is -0.393 e. The summed E-state index contributed by atoms with van der Waals surface area (Å²) in [6.45, 7) is 7.73. The Labute approximate surface area is 201 Å². The Balaban J connectivity index is 1.24. The number of nitriles is 1. The number of nitrogens with zero attached hydrogens (tertiary/aromatic N) is 1. The Bertz CT molecular complexity index is 942. The van der Waals surface area contributed by atoms with E-state index in [-0.39, 0.29) is 6.10 Å². The van der Waals surface area contributed by atoms with Crippen molar-refractivity contribution in [3.63, 3.8) is 0 Å². The van der Waals surface area contributed by atoms with Gasteiger partial charge in [0.15, 0.2) is 0 Å². The van der Waals surface area contributed by atoms with E-state index in [0.29, 0.717) is 10.8 Å². The first-order valence-electron chi connectivity index (χ1n) is 13.7. The number of aryl methyl sites for hydroxylation is 1. The molecule has 0 aromatic heterocycles. The van der Waals surface area contributed by atoms with Gasteiger partial charge >= 0.3 is 0 Å². The molecule has 4 aliphatic rings. The lowest BCUT2D eigenvalue weighted by molar-refractivity contribution is -0.0572. The normalized spacial score (nSPS) is 40.7. The molecule has 2 heteroatoms. The zero-order chi connectivity index (χ0) is 23.2. The van der Waals surface area contributed by atoms with Gasteiger partial charge in [-0.25, -0.2) is 0 Å². The number of hydrogen-bond acceptors (Lipinski definition) is 2. The fourth-order valence-electron chi connectivity index (χ4n) is 9.24. The van der Waals surface area contributed by atoms with Crippen LogP contribution in [0.25, 0.3) is 0 Å². The van der Waals surface area contributed by atoms with Crippen molar-refractivity contribution in [2.24, 2.45) is 40.4 Å². The van der Waals surface area contributed by atoms with E-state index in [4.69, 9.17) is 5.26 Å². The van der Waals surface area contributed by atoms with Crippen molar-refractivity contribution in [1.82, 2.24) is 0 Å². The Kier molecular flexibility index (Phi) is 6.24. The highest BCUT2D eigenvalue weighted by Crippen LogP contribution is 2.67. The summed E-state index contributed by atoms with van der Waals surface area (Å²) in [5, 5.41) is 19.4. The van der Waals surface area contributed by atoms with Crippen molar-refractivity contribution in [2.75, 3.05) is 0 Å². The maximum Gasteiger partial charge on any atom is 0.0991 e. The molecule has 1 aromatic rings. The molecule has 2 nitrogen and oxygen atoms in total. The monoisotopic (exact) mass is 445 g/mol. The van der Waals surface area contributed by atoms with Gasteiger partial charge in [-0.15, -0.1) is 0 Å². The molecule has 3 fully saturated rings. The van der Waals surface area contributed by atoms with Crippen LogP contribution in [-0.2, 0) is 6.42 Å². The van der Waals surface area contributed by atoms with Gasteiger partial charge in [0.2, 0.25) is 0 Å². The van der Waals surface area contributed by atoms with Crippen LogP contribution < -0.4 is 0 Å². The summed E-state index contributed by atoms with van der Waals surface area (Å²) in [6, 6.07) is 10.4. The third kappa shape index (κ3) is 3.99. The Morgan fingerprint density at radius 1 is 1.12 bits per heavy atom. The molecule has 7 unspecified atom stereocenters. The van der Waals surface area contributed by atoms with E-state index in [1.54, 1.807) is 5.57 Å². The second-order valence-electron chi connectivity index (χ2n) is 12.6. The number of benzene rings is 1. The summed E-state index contributed by atoms with van der Waals surface area (Å²) >= 11 is 0. The molecular formula is C31H43NO. The standard InChI is InChI=1S/C31H43NO/c1-21(6-4-7-22-8-5-9-23(18-22)20-32)27-12-13-28-26-11-10-24-19-25(33)14-16-30(24,2)29(26)15-17-31(27,28)3/h5,8-10,18,21,25-29,33H,4,6-7,11-17,19H2,1-3H3/t21-,25?,26?,27?,28?,29?,30?,31?/m1/s1. The summed E-state index contributed by atoms with van der Waals surface area (Å²) in [7, 11) is 0. The summed E-state index contributed by atoms with van der Waals surface area (Å²) < 4.78 is 0. The van der Waals surface area contributed by atoms with E-state index >= 15 is 0 Å². The molecule has 178 valence electrons. The Hall–Kier alpha value is -1.59.